The summed E-state index contributed by atoms with van der Waals surface area (Å²) in [7, 11) is 0. The lowest BCUT2D eigenvalue weighted by Crippen LogP contribution is -2.49. The molecule has 0 bridgehead atoms. The van der Waals surface area contributed by atoms with Gasteiger partial charge in [0, 0.05) is 25.3 Å². The molecule has 0 aromatic carbocycles. The highest BCUT2D eigenvalue weighted by Gasteiger charge is 2.40. The molecule has 0 aliphatic carbocycles. The molecule has 2 fully saturated rings. The number of hydrogen-bond donors (Lipinski definition) is 1. The largest absolute Gasteiger partial charge is 0.481 e. The fourth-order valence-corrected chi connectivity index (χ4v) is 3.99. The zero-order valence-corrected chi connectivity index (χ0v) is 14.2. The lowest BCUT2D eigenvalue weighted by Gasteiger charge is -2.29. The first-order chi connectivity index (χ1) is 10.2. The topological polar surface area (TPSA) is 77.9 Å². The van der Waals surface area contributed by atoms with Gasteiger partial charge in [-0.15, -0.1) is 11.8 Å². The smallest absolute Gasteiger partial charge is 0.308 e. The lowest BCUT2D eigenvalue weighted by molar-refractivity contribution is -0.145. The number of likely N-dealkylation sites (tertiary alicyclic amines) is 1. The van der Waals surface area contributed by atoms with Gasteiger partial charge >= 0.3 is 5.97 Å². The molecular weight excluding hydrogens is 304 g/mol. The van der Waals surface area contributed by atoms with Crippen LogP contribution in [0.3, 0.4) is 0 Å². The van der Waals surface area contributed by atoms with Crippen LogP contribution in [0.25, 0.3) is 0 Å². The second-order valence-corrected chi connectivity index (χ2v) is 8.22. The molecule has 0 aromatic heterocycles. The van der Waals surface area contributed by atoms with Gasteiger partial charge in [0.05, 0.1) is 11.8 Å². The predicted octanol–water partition coefficient (Wildman–Crippen LogP) is 1.26. The molecule has 124 valence electrons. The van der Waals surface area contributed by atoms with E-state index in [9.17, 15) is 14.4 Å². The van der Waals surface area contributed by atoms with E-state index in [0.717, 1.165) is 0 Å². The normalized spacial score (nSPS) is 25.6. The van der Waals surface area contributed by atoms with Crippen molar-refractivity contribution in [3.63, 3.8) is 0 Å². The highest BCUT2D eigenvalue weighted by molar-refractivity contribution is 7.99. The summed E-state index contributed by atoms with van der Waals surface area (Å²) in [5.74, 6) is -0.279. The Morgan fingerprint density at radius 1 is 1.27 bits per heavy atom. The minimum Gasteiger partial charge on any atom is -0.481 e. The van der Waals surface area contributed by atoms with Crippen LogP contribution >= 0.6 is 11.8 Å². The molecule has 0 aromatic rings. The quantitative estimate of drug-likeness (QED) is 0.844. The van der Waals surface area contributed by atoms with Gasteiger partial charge in [0.15, 0.2) is 0 Å². The van der Waals surface area contributed by atoms with E-state index in [2.05, 4.69) is 0 Å². The number of carbonyl (C=O) groups is 3. The predicted molar refractivity (Wildman–Crippen MR) is 84.4 cm³/mol. The second-order valence-electron chi connectivity index (χ2n) is 7.22. The van der Waals surface area contributed by atoms with Gasteiger partial charge < -0.3 is 14.9 Å². The highest BCUT2D eigenvalue weighted by Crippen LogP contribution is 2.28. The van der Waals surface area contributed by atoms with Crippen molar-refractivity contribution in [2.24, 2.45) is 11.3 Å². The molecule has 2 amide bonds. The van der Waals surface area contributed by atoms with Gasteiger partial charge in [0.2, 0.25) is 11.8 Å². The van der Waals surface area contributed by atoms with Crippen molar-refractivity contribution in [2.75, 3.05) is 24.7 Å². The average Bonchev–Trinajstić information content (AvgIpc) is 3.05. The Hall–Kier alpha value is -1.24. The van der Waals surface area contributed by atoms with Crippen molar-refractivity contribution in [3.05, 3.63) is 0 Å². The molecule has 0 saturated carbocycles. The van der Waals surface area contributed by atoms with E-state index < -0.39 is 17.9 Å². The van der Waals surface area contributed by atoms with Gasteiger partial charge in [-0.2, -0.15) is 0 Å². The third kappa shape index (κ3) is 3.94. The molecule has 2 aliphatic heterocycles. The molecule has 2 unspecified atom stereocenters. The van der Waals surface area contributed by atoms with Gasteiger partial charge in [0.25, 0.3) is 0 Å². The second kappa shape index (κ2) is 6.48. The van der Waals surface area contributed by atoms with Crippen molar-refractivity contribution in [1.82, 2.24) is 9.80 Å². The van der Waals surface area contributed by atoms with Gasteiger partial charge in [-0.3, -0.25) is 14.4 Å². The third-order valence-corrected chi connectivity index (χ3v) is 5.03. The van der Waals surface area contributed by atoms with Gasteiger partial charge in [-0.05, 0) is 11.8 Å². The molecule has 1 N–H and O–H groups in total. The van der Waals surface area contributed by atoms with Crippen molar-refractivity contribution in [2.45, 2.75) is 39.7 Å². The number of aliphatic carboxylic acids is 1. The fourth-order valence-electron chi connectivity index (χ4n) is 2.82. The standard InChI is InChI=1S/C15H24N2O4S/c1-15(2,3)6-12(18)17-9-22-8-11(17)13(19)16-5-4-10(7-16)14(20)21/h10-11H,4-9H2,1-3H3,(H,20,21). The summed E-state index contributed by atoms with van der Waals surface area (Å²) in [6, 6.07) is -0.438. The maximum Gasteiger partial charge on any atom is 0.308 e. The average molecular weight is 328 g/mol. The summed E-state index contributed by atoms with van der Waals surface area (Å²) in [5.41, 5.74) is -0.111. The molecule has 2 atom stereocenters. The van der Waals surface area contributed by atoms with Gasteiger partial charge in [0.1, 0.15) is 6.04 Å². The maximum atomic E-state index is 12.6. The first-order valence-electron chi connectivity index (χ1n) is 7.58. The first kappa shape index (κ1) is 17.1. The number of rotatable bonds is 3. The zero-order chi connectivity index (χ0) is 16.5. The van der Waals surface area contributed by atoms with Crippen LogP contribution in [0.15, 0.2) is 0 Å². The Morgan fingerprint density at radius 3 is 2.50 bits per heavy atom. The molecule has 6 nitrogen and oxygen atoms in total. The van der Waals surface area contributed by atoms with Crippen LogP contribution in [0.1, 0.15) is 33.6 Å². The summed E-state index contributed by atoms with van der Waals surface area (Å²) in [4.78, 5) is 39.3. The number of carboxylic acids is 1. The molecule has 7 heteroatoms. The summed E-state index contributed by atoms with van der Waals surface area (Å²) in [6.07, 6.45) is 0.909. The number of hydrogen-bond acceptors (Lipinski definition) is 4. The van der Waals surface area contributed by atoms with E-state index in [1.165, 1.54) is 0 Å². The SMILES string of the molecule is CC(C)(C)CC(=O)N1CSCC1C(=O)N1CCC(C(=O)O)C1. The van der Waals surface area contributed by atoms with Crippen LogP contribution in [0.4, 0.5) is 0 Å². The molecular formula is C15H24N2O4S. The molecule has 2 rings (SSSR count). The maximum absolute atomic E-state index is 12.6. The monoisotopic (exact) mass is 328 g/mol. The van der Waals surface area contributed by atoms with E-state index in [4.69, 9.17) is 5.11 Å². The Kier molecular flexibility index (Phi) is 5.04. The van der Waals surface area contributed by atoms with Crippen molar-refractivity contribution >= 4 is 29.5 Å². The molecule has 2 saturated heterocycles. The fraction of sp³-hybridized carbons (Fsp3) is 0.800. The zero-order valence-electron chi connectivity index (χ0n) is 13.4. The number of thioether (sulfide) groups is 1. The molecule has 0 radical (unpaired) electrons. The summed E-state index contributed by atoms with van der Waals surface area (Å²) in [5, 5.41) is 9.04. The Labute approximate surface area is 135 Å². The Bertz CT molecular complexity index is 475. The van der Waals surface area contributed by atoms with E-state index >= 15 is 0 Å². The van der Waals surface area contributed by atoms with Crippen molar-refractivity contribution in [1.29, 1.82) is 0 Å². The first-order valence-corrected chi connectivity index (χ1v) is 8.73. The molecule has 2 aliphatic rings. The number of amides is 2. The van der Waals surface area contributed by atoms with E-state index in [-0.39, 0.29) is 23.8 Å². The summed E-state index contributed by atoms with van der Waals surface area (Å²) < 4.78 is 0. The van der Waals surface area contributed by atoms with Crippen molar-refractivity contribution < 1.29 is 19.5 Å². The summed E-state index contributed by atoms with van der Waals surface area (Å²) >= 11 is 1.58. The van der Waals surface area contributed by atoms with Crippen LogP contribution in [0.2, 0.25) is 0 Å². The van der Waals surface area contributed by atoms with Crippen molar-refractivity contribution in [3.8, 4) is 0 Å². The third-order valence-electron chi connectivity index (χ3n) is 4.02. The Morgan fingerprint density at radius 2 is 1.95 bits per heavy atom. The number of carboxylic acid groups (broad SMARTS) is 1. The van der Waals surface area contributed by atoms with E-state index in [0.29, 0.717) is 31.0 Å². The summed E-state index contributed by atoms with van der Waals surface area (Å²) in [6.45, 7) is 6.74. The minimum atomic E-state index is -0.850. The van der Waals surface area contributed by atoms with Gasteiger partial charge in [-0.1, -0.05) is 20.8 Å². The van der Waals surface area contributed by atoms with Gasteiger partial charge in [-0.25, -0.2) is 0 Å². The lowest BCUT2D eigenvalue weighted by atomic mass is 9.91. The van der Waals surface area contributed by atoms with Crippen LogP contribution in [-0.4, -0.2) is 63.5 Å². The minimum absolute atomic E-state index is 0.00447. The van der Waals surface area contributed by atoms with E-state index in [1.54, 1.807) is 21.6 Å². The van der Waals surface area contributed by atoms with Crippen LogP contribution in [-0.2, 0) is 14.4 Å². The number of carbonyl (C=O) groups excluding carboxylic acids is 2. The molecule has 2 heterocycles. The van der Waals surface area contributed by atoms with Crippen LogP contribution in [0, 0.1) is 11.3 Å². The Balaban J connectivity index is 2.00. The van der Waals surface area contributed by atoms with Crippen LogP contribution in [0.5, 0.6) is 0 Å². The highest BCUT2D eigenvalue weighted by atomic mass is 32.2. The van der Waals surface area contributed by atoms with E-state index in [1.807, 2.05) is 20.8 Å². The van der Waals surface area contributed by atoms with Crippen LogP contribution < -0.4 is 0 Å². The molecule has 22 heavy (non-hydrogen) atoms. The number of nitrogens with zero attached hydrogens (tertiary/aromatic N) is 2. The molecule has 0 spiro atoms.